The first-order valence-electron chi connectivity index (χ1n) is 8.07. The molecule has 1 amide bonds. The van der Waals surface area contributed by atoms with Crippen molar-refractivity contribution < 1.29 is 27.4 Å². The molecule has 0 aliphatic carbocycles. The Morgan fingerprint density at radius 2 is 1.81 bits per heavy atom. The Bertz CT molecular complexity index is 718. The summed E-state index contributed by atoms with van der Waals surface area (Å²) >= 11 is 0. The highest BCUT2D eigenvalue weighted by Gasteiger charge is 2.31. The number of rotatable bonds is 8. The van der Waals surface area contributed by atoms with Gasteiger partial charge in [-0.15, -0.1) is 0 Å². The summed E-state index contributed by atoms with van der Waals surface area (Å²) in [6, 6.07) is 12.4. The number of anilines is 1. The summed E-state index contributed by atoms with van der Waals surface area (Å²) < 4.78 is 49.1. The summed E-state index contributed by atoms with van der Waals surface area (Å²) in [7, 11) is 1.49. The van der Waals surface area contributed by atoms with Crippen molar-refractivity contribution in [1.82, 2.24) is 0 Å². The zero-order valence-corrected chi connectivity index (χ0v) is 14.3. The molecule has 0 saturated heterocycles. The van der Waals surface area contributed by atoms with E-state index in [4.69, 9.17) is 9.47 Å². The minimum Gasteiger partial charge on any atom is -0.489 e. The van der Waals surface area contributed by atoms with Crippen molar-refractivity contribution in [3.8, 4) is 5.75 Å². The van der Waals surface area contributed by atoms with Gasteiger partial charge in [0.15, 0.2) is 0 Å². The molecule has 0 heterocycles. The molecule has 0 spiro atoms. The van der Waals surface area contributed by atoms with E-state index in [1.165, 1.54) is 13.2 Å². The molecule has 7 heteroatoms. The Morgan fingerprint density at radius 1 is 1.08 bits per heavy atom. The second kappa shape index (κ2) is 9.24. The molecule has 0 bridgehead atoms. The second-order valence-corrected chi connectivity index (χ2v) is 5.58. The van der Waals surface area contributed by atoms with Crippen LogP contribution in [-0.2, 0) is 22.1 Å². The van der Waals surface area contributed by atoms with Gasteiger partial charge in [0.1, 0.15) is 12.4 Å². The Labute approximate surface area is 149 Å². The van der Waals surface area contributed by atoms with E-state index in [-0.39, 0.29) is 37.0 Å². The molecule has 140 valence electrons. The van der Waals surface area contributed by atoms with Gasteiger partial charge >= 0.3 is 6.18 Å². The van der Waals surface area contributed by atoms with E-state index in [0.717, 1.165) is 17.7 Å². The summed E-state index contributed by atoms with van der Waals surface area (Å²) in [4.78, 5) is 12.2. The van der Waals surface area contributed by atoms with Gasteiger partial charge in [-0.3, -0.25) is 4.79 Å². The zero-order valence-electron chi connectivity index (χ0n) is 14.3. The SMILES string of the molecule is COCCOc1ccc(C(F)(F)F)cc1NC(=O)CCc1ccccc1. The first-order chi connectivity index (χ1) is 12.4. The van der Waals surface area contributed by atoms with E-state index in [1.54, 1.807) is 0 Å². The van der Waals surface area contributed by atoms with Crippen molar-refractivity contribution in [2.24, 2.45) is 0 Å². The fraction of sp³-hybridized carbons (Fsp3) is 0.316. The van der Waals surface area contributed by atoms with Crippen LogP contribution in [0, 0.1) is 0 Å². The summed E-state index contributed by atoms with van der Waals surface area (Å²) in [6.45, 7) is 0.442. The molecule has 0 atom stereocenters. The molecule has 2 aromatic carbocycles. The van der Waals surface area contributed by atoms with Crippen LogP contribution in [0.15, 0.2) is 48.5 Å². The van der Waals surface area contributed by atoms with Gasteiger partial charge in [0, 0.05) is 13.5 Å². The number of carbonyl (C=O) groups excluding carboxylic acids is 1. The normalized spacial score (nSPS) is 11.2. The van der Waals surface area contributed by atoms with E-state index in [2.05, 4.69) is 5.32 Å². The summed E-state index contributed by atoms with van der Waals surface area (Å²) in [5.41, 5.74) is 0.118. The van der Waals surface area contributed by atoms with Gasteiger partial charge < -0.3 is 14.8 Å². The Kier molecular flexibility index (Phi) is 7.03. The molecular formula is C19H20F3NO3. The molecule has 1 N–H and O–H groups in total. The van der Waals surface area contributed by atoms with Gasteiger partial charge in [0.05, 0.1) is 17.9 Å². The number of hydrogen-bond acceptors (Lipinski definition) is 3. The van der Waals surface area contributed by atoms with Crippen molar-refractivity contribution in [3.05, 3.63) is 59.7 Å². The van der Waals surface area contributed by atoms with Crippen LogP contribution >= 0.6 is 0 Å². The average Bonchev–Trinajstić information content (AvgIpc) is 2.61. The number of alkyl halides is 3. The van der Waals surface area contributed by atoms with E-state index in [9.17, 15) is 18.0 Å². The second-order valence-electron chi connectivity index (χ2n) is 5.58. The van der Waals surface area contributed by atoms with Crippen molar-refractivity contribution in [3.63, 3.8) is 0 Å². The van der Waals surface area contributed by atoms with Gasteiger partial charge in [-0.05, 0) is 30.2 Å². The molecule has 26 heavy (non-hydrogen) atoms. The molecule has 2 aromatic rings. The number of amides is 1. The number of halogens is 3. The lowest BCUT2D eigenvalue weighted by atomic mass is 10.1. The van der Waals surface area contributed by atoms with Crippen LogP contribution in [-0.4, -0.2) is 26.2 Å². The predicted octanol–water partition coefficient (Wildman–Crippen LogP) is 4.30. The van der Waals surface area contributed by atoms with Crippen LogP contribution in [0.1, 0.15) is 17.5 Å². The number of aryl methyl sites for hydroxylation is 1. The number of methoxy groups -OCH3 is 1. The van der Waals surface area contributed by atoms with E-state index >= 15 is 0 Å². The Balaban J connectivity index is 2.09. The topological polar surface area (TPSA) is 47.6 Å². The zero-order chi connectivity index (χ0) is 19.0. The first kappa shape index (κ1) is 19.8. The highest BCUT2D eigenvalue weighted by molar-refractivity contribution is 5.92. The van der Waals surface area contributed by atoms with Crippen LogP contribution in [0.3, 0.4) is 0 Å². The molecule has 0 aromatic heterocycles. The van der Waals surface area contributed by atoms with Crippen molar-refractivity contribution >= 4 is 11.6 Å². The third-order valence-electron chi connectivity index (χ3n) is 3.61. The fourth-order valence-electron chi connectivity index (χ4n) is 2.28. The van der Waals surface area contributed by atoms with Crippen LogP contribution in [0.4, 0.5) is 18.9 Å². The van der Waals surface area contributed by atoms with Crippen molar-refractivity contribution in [2.75, 3.05) is 25.6 Å². The lowest BCUT2D eigenvalue weighted by Gasteiger charge is -2.15. The molecule has 0 saturated carbocycles. The van der Waals surface area contributed by atoms with Crippen molar-refractivity contribution in [2.45, 2.75) is 19.0 Å². The molecular weight excluding hydrogens is 347 g/mol. The smallest absolute Gasteiger partial charge is 0.416 e. The highest BCUT2D eigenvalue weighted by atomic mass is 19.4. The predicted molar refractivity (Wildman–Crippen MR) is 92.2 cm³/mol. The van der Waals surface area contributed by atoms with Crippen molar-refractivity contribution in [1.29, 1.82) is 0 Å². The van der Waals surface area contributed by atoms with E-state index in [0.29, 0.717) is 6.42 Å². The van der Waals surface area contributed by atoms with Crippen LogP contribution in [0.2, 0.25) is 0 Å². The average molecular weight is 367 g/mol. The number of ether oxygens (including phenoxy) is 2. The fourth-order valence-corrected chi connectivity index (χ4v) is 2.28. The van der Waals surface area contributed by atoms with Crippen LogP contribution in [0.25, 0.3) is 0 Å². The maximum Gasteiger partial charge on any atom is 0.416 e. The standard InChI is InChI=1S/C19H20F3NO3/c1-25-11-12-26-17-9-8-15(19(20,21)22)13-16(17)23-18(24)10-7-14-5-3-2-4-6-14/h2-6,8-9,13H,7,10-12H2,1H3,(H,23,24). The van der Waals surface area contributed by atoms with Gasteiger partial charge in [0.2, 0.25) is 5.91 Å². The molecule has 4 nitrogen and oxygen atoms in total. The molecule has 0 aliphatic heterocycles. The molecule has 0 radical (unpaired) electrons. The molecule has 2 rings (SSSR count). The van der Waals surface area contributed by atoms with E-state index < -0.39 is 11.7 Å². The molecule has 0 unspecified atom stereocenters. The lowest BCUT2D eigenvalue weighted by molar-refractivity contribution is -0.137. The third kappa shape index (κ3) is 6.07. The highest BCUT2D eigenvalue weighted by Crippen LogP contribution is 2.35. The van der Waals surface area contributed by atoms with Crippen LogP contribution in [0.5, 0.6) is 5.75 Å². The third-order valence-corrected chi connectivity index (χ3v) is 3.61. The largest absolute Gasteiger partial charge is 0.489 e. The Hall–Kier alpha value is -2.54. The summed E-state index contributed by atoms with van der Waals surface area (Å²) in [5.74, 6) is -0.215. The van der Waals surface area contributed by atoms with E-state index in [1.807, 2.05) is 30.3 Å². The number of hydrogen-bond donors (Lipinski definition) is 1. The number of benzene rings is 2. The minimum atomic E-state index is -4.51. The van der Waals surface area contributed by atoms with Gasteiger partial charge in [0.25, 0.3) is 0 Å². The number of carbonyl (C=O) groups is 1. The summed E-state index contributed by atoms with van der Waals surface area (Å²) in [5, 5.41) is 2.52. The summed E-state index contributed by atoms with van der Waals surface area (Å²) in [6.07, 6.45) is -3.86. The quantitative estimate of drug-likeness (QED) is 0.708. The molecule has 0 aliphatic rings. The Morgan fingerprint density at radius 3 is 2.46 bits per heavy atom. The van der Waals surface area contributed by atoms with Gasteiger partial charge in [-0.25, -0.2) is 0 Å². The maximum absolute atomic E-state index is 12.9. The van der Waals surface area contributed by atoms with Gasteiger partial charge in [-0.1, -0.05) is 30.3 Å². The maximum atomic E-state index is 12.9. The lowest BCUT2D eigenvalue weighted by Crippen LogP contribution is -2.15. The van der Waals surface area contributed by atoms with Gasteiger partial charge in [-0.2, -0.15) is 13.2 Å². The van der Waals surface area contributed by atoms with Crippen LogP contribution < -0.4 is 10.1 Å². The monoisotopic (exact) mass is 367 g/mol. The molecule has 0 fully saturated rings. The number of nitrogens with one attached hydrogen (secondary N) is 1. The minimum absolute atomic E-state index is 0.00557. The first-order valence-corrected chi connectivity index (χ1v) is 8.07.